The van der Waals surface area contributed by atoms with E-state index < -0.39 is 10.0 Å². The van der Waals surface area contributed by atoms with E-state index >= 15 is 0 Å². The SMILES string of the molecule is CN(C)CCCN1CCN(C(=O)c2ccc(Nc3nccc(-c4ccc(S(=O)(=O)N(C)C)cc4)n3)cc2)CC1. The van der Waals surface area contributed by atoms with Gasteiger partial charge in [-0.1, -0.05) is 12.1 Å². The molecule has 2 aromatic carbocycles. The Morgan fingerprint density at radius 3 is 2.21 bits per heavy atom. The summed E-state index contributed by atoms with van der Waals surface area (Å²) in [7, 11) is 3.69. The van der Waals surface area contributed by atoms with Crippen molar-refractivity contribution in [1.29, 1.82) is 0 Å². The maximum Gasteiger partial charge on any atom is 0.253 e. The van der Waals surface area contributed by atoms with Crippen LogP contribution in [0.3, 0.4) is 0 Å². The van der Waals surface area contributed by atoms with Crippen molar-refractivity contribution >= 4 is 27.6 Å². The van der Waals surface area contributed by atoms with Gasteiger partial charge in [0, 0.05) is 63.3 Å². The van der Waals surface area contributed by atoms with Gasteiger partial charge in [-0.05, 0) is 76.1 Å². The van der Waals surface area contributed by atoms with Gasteiger partial charge in [-0.3, -0.25) is 9.69 Å². The van der Waals surface area contributed by atoms with Crippen molar-refractivity contribution in [2.24, 2.45) is 0 Å². The average Bonchev–Trinajstić information content (AvgIpc) is 2.93. The predicted octanol–water partition coefficient (Wildman–Crippen LogP) is 2.85. The van der Waals surface area contributed by atoms with Gasteiger partial charge in [0.2, 0.25) is 16.0 Å². The lowest BCUT2D eigenvalue weighted by atomic mass is 10.1. The van der Waals surface area contributed by atoms with E-state index in [1.807, 2.05) is 29.2 Å². The van der Waals surface area contributed by atoms with Crippen LogP contribution in [-0.4, -0.2) is 111 Å². The lowest BCUT2D eigenvalue weighted by molar-refractivity contribution is 0.0634. The lowest BCUT2D eigenvalue weighted by Gasteiger charge is -2.35. The highest BCUT2D eigenvalue weighted by Gasteiger charge is 2.22. The van der Waals surface area contributed by atoms with Crippen LogP contribution in [0.15, 0.2) is 65.7 Å². The van der Waals surface area contributed by atoms with Gasteiger partial charge < -0.3 is 15.1 Å². The standard InChI is InChI=1S/C28H37N7O3S/c1-32(2)16-5-17-34-18-20-35(21-19-34)27(36)23-6-10-24(11-7-23)30-28-29-15-14-26(31-28)22-8-12-25(13-9-22)39(37,38)33(3)4/h6-15H,5,16-21H2,1-4H3,(H,29,30,31). The van der Waals surface area contributed by atoms with Crippen LogP contribution < -0.4 is 5.32 Å². The summed E-state index contributed by atoms with van der Waals surface area (Å²) >= 11 is 0. The zero-order valence-corrected chi connectivity index (χ0v) is 23.9. The van der Waals surface area contributed by atoms with E-state index in [0.29, 0.717) is 17.2 Å². The third-order valence-electron chi connectivity index (χ3n) is 6.71. The molecule has 1 aromatic heterocycles. The van der Waals surface area contributed by atoms with Gasteiger partial charge in [-0.25, -0.2) is 22.7 Å². The molecule has 3 aromatic rings. The summed E-state index contributed by atoms with van der Waals surface area (Å²) in [4.78, 5) is 28.7. The van der Waals surface area contributed by atoms with Gasteiger partial charge in [0.05, 0.1) is 10.6 Å². The number of sulfonamides is 1. The number of carbonyl (C=O) groups is 1. The Hall–Kier alpha value is -3.38. The molecule has 1 saturated heterocycles. The van der Waals surface area contributed by atoms with E-state index in [0.717, 1.165) is 56.9 Å². The number of hydrogen-bond donors (Lipinski definition) is 1. The van der Waals surface area contributed by atoms with Crippen LogP contribution in [0.5, 0.6) is 0 Å². The maximum absolute atomic E-state index is 13.0. The molecule has 39 heavy (non-hydrogen) atoms. The first-order chi connectivity index (χ1) is 18.6. The smallest absolute Gasteiger partial charge is 0.253 e. The van der Waals surface area contributed by atoms with E-state index in [2.05, 4.69) is 39.2 Å². The number of nitrogens with one attached hydrogen (secondary N) is 1. The molecule has 0 atom stereocenters. The first kappa shape index (κ1) is 28.6. The molecule has 0 bridgehead atoms. The zero-order valence-electron chi connectivity index (χ0n) is 23.0. The quantitative estimate of drug-likeness (QED) is 0.411. The number of carbonyl (C=O) groups excluding carboxylic acids is 1. The van der Waals surface area contributed by atoms with E-state index in [1.54, 1.807) is 36.5 Å². The van der Waals surface area contributed by atoms with E-state index in [1.165, 1.54) is 18.4 Å². The second-order valence-electron chi connectivity index (χ2n) is 10.1. The molecule has 0 unspecified atom stereocenters. The Kier molecular flexibility index (Phi) is 9.28. The summed E-state index contributed by atoms with van der Waals surface area (Å²) in [6.45, 7) is 5.42. The molecule has 4 rings (SSSR count). The number of rotatable bonds is 10. The van der Waals surface area contributed by atoms with Crippen LogP contribution in [0, 0.1) is 0 Å². The Morgan fingerprint density at radius 2 is 1.59 bits per heavy atom. The molecule has 1 N–H and O–H groups in total. The zero-order chi connectivity index (χ0) is 28.0. The fourth-order valence-electron chi connectivity index (χ4n) is 4.38. The van der Waals surface area contributed by atoms with E-state index in [4.69, 9.17) is 0 Å². The Labute approximate surface area is 231 Å². The summed E-state index contributed by atoms with van der Waals surface area (Å²) < 4.78 is 25.8. The van der Waals surface area contributed by atoms with Gasteiger partial charge in [0.1, 0.15) is 0 Å². The number of nitrogens with zero attached hydrogens (tertiary/aromatic N) is 6. The first-order valence-corrected chi connectivity index (χ1v) is 14.5. The minimum atomic E-state index is -3.49. The molecule has 10 nitrogen and oxygen atoms in total. The van der Waals surface area contributed by atoms with Gasteiger partial charge >= 0.3 is 0 Å². The molecule has 1 fully saturated rings. The Balaban J connectivity index is 1.34. The predicted molar refractivity (Wildman–Crippen MR) is 154 cm³/mol. The van der Waals surface area contributed by atoms with Crippen LogP contribution >= 0.6 is 0 Å². The molecule has 1 aliphatic rings. The van der Waals surface area contributed by atoms with Crippen molar-refractivity contribution < 1.29 is 13.2 Å². The van der Waals surface area contributed by atoms with Gasteiger partial charge in [0.15, 0.2) is 0 Å². The van der Waals surface area contributed by atoms with Crippen molar-refractivity contribution in [3.63, 3.8) is 0 Å². The Bertz CT molecular complexity index is 1350. The Morgan fingerprint density at radius 1 is 0.923 bits per heavy atom. The molecule has 1 amide bonds. The fraction of sp³-hybridized carbons (Fsp3) is 0.393. The van der Waals surface area contributed by atoms with Crippen LogP contribution in [0.4, 0.5) is 11.6 Å². The molecule has 11 heteroatoms. The number of anilines is 2. The molecular formula is C28H37N7O3S. The molecule has 2 heterocycles. The van der Waals surface area contributed by atoms with Crippen molar-refractivity contribution in [3.8, 4) is 11.3 Å². The highest BCUT2D eigenvalue weighted by atomic mass is 32.2. The van der Waals surface area contributed by atoms with Crippen LogP contribution in [0.1, 0.15) is 16.8 Å². The molecule has 208 valence electrons. The first-order valence-electron chi connectivity index (χ1n) is 13.0. The number of aromatic nitrogens is 2. The normalized spacial score (nSPS) is 14.7. The van der Waals surface area contributed by atoms with Crippen LogP contribution in [0.25, 0.3) is 11.3 Å². The molecule has 0 aliphatic carbocycles. The van der Waals surface area contributed by atoms with Crippen molar-refractivity contribution in [2.45, 2.75) is 11.3 Å². The van der Waals surface area contributed by atoms with Gasteiger partial charge in [-0.2, -0.15) is 0 Å². The molecule has 1 aliphatic heterocycles. The second-order valence-corrected chi connectivity index (χ2v) is 12.2. The third kappa shape index (κ3) is 7.39. The minimum absolute atomic E-state index is 0.0486. The minimum Gasteiger partial charge on any atom is -0.336 e. The summed E-state index contributed by atoms with van der Waals surface area (Å²) in [5.41, 5.74) is 2.86. The van der Waals surface area contributed by atoms with E-state index in [-0.39, 0.29) is 10.8 Å². The molecule has 0 saturated carbocycles. The number of piperazine rings is 1. The summed E-state index contributed by atoms with van der Waals surface area (Å²) in [5, 5.41) is 3.18. The number of amides is 1. The summed E-state index contributed by atoms with van der Waals surface area (Å²) in [6, 6.07) is 15.7. The van der Waals surface area contributed by atoms with Crippen molar-refractivity contribution in [1.82, 2.24) is 29.0 Å². The van der Waals surface area contributed by atoms with Crippen LogP contribution in [-0.2, 0) is 10.0 Å². The molecule has 0 spiro atoms. The number of hydrogen-bond acceptors (Lipinski definition) is 8. The van der Waals surface area contributed by atoms with Gasteiger partial charge in [0.25, 0.3) is 5.91 Å². The fourth-order valence-corrected chi connectivity index (χ4v) is 5.28. The molecule has 0 radical (unpaired) electrons. The third-order valence-corrected chi connectivity index (χ3v) is 8.54. The van der Waals surface area contributed by atoms with Crippen LogP contribution in [0.2, 0.25) is 0 Å². The maximum atomic E-state index is 13.0. The topological polar surface area (TPSA) is 102 Å². The van der Waals surface area contributed by atoms with Crippen molar-refractivity contribution in [2.75, 3.05) is 72.8 Å². The number of benzene rings is 2. The largest absolute Gasteiger partial charge is 0.336 e. The van der Waals surface area contributed by atoms with Crippen molar-refractivity contribution in [3.05, 3.63) is 66.4 Å². The monoisotopic (exact) mass is 551 g/mol. The highest BCUT2D eigenvalue weighted by molar-refractivity contribution is 7.89. The van der Waals surface area contributed by atoms with Gasteiger partial charge in [-0.15, -0.1) is 0 Å². The molecular weight excluding hydrogens is 514 g/mol. The summed E-state index contributed by atoms with van der Waals surface area (Å²) in [5.74, 6) is 0.453. The summed E-state index contributed by atoms with van der Waals surface area (Å²) in [6.07, 6.45) is 2.78. The second kappa shape index (κ2) is 12.6. The van der Waals surface area contributed by atoms with E-state index in [9.17, 15) is 13.2 Å². The average molecular weight is 552 g/mol. The highest BCUT2D eigenvalue weighted by Crippen LogP contribution is 2.23. The lowest BCUT2D eigenvalue weighted by Crippen LogP contribution is -2.49.